The summed E-state index contributed by atoms with van der Waals surface area (Å²) in [5.41, 5.74) is 13.3. The number of piperidine rings is 4. The third-order valence-corrected chi connectivity index (χ3v) is 20.6. The Morgan fingerprint density at radius 2 is 0.958 bits per heavy atom. The Morgan fingerprint density at radius 1 is 0.594 bits per heavy atom. The molecular weight excluding hydrogens is 1300 g/mol. The first-order chi connectivity index (χ1) is 44.2. The number of aliphatic hydroxyl groups excluding tert-OH is 1. The molecule has 25 nitrogen and oxygen atoms in total. The quantitative estimate of drug-likeness (QED) is 0.0784. The Bertz CT molecular complexity index is 3910. The van der Waals surface area contributed by atoms with Crippen molar-refractivity contribution in [1.29, 1.82) is 0 Å². The van der Waals surface area contributed by atoms with E-state index in [0.717, 1.165) is 56.8 Å². The van der Waals surface area contributed by atoms with Gasteiger partial charge in [0.15, 0.2) is 23.0 Å². The van der Waals surface area contributed by atoms with Crippen molar-refractivity contribution in [1.82, 2.24) is 23.7 Å². The number of amides is 4. The lowest BCUT2D eigenvalue weighted by Gasteiger charge is -2.36. The first-order valence-corrected chi connectivity index (χ1v) is 33.5. The molecule has 4 aromatic carbocycles. The van der Waals surface area contributed by atoms with E-state index >= 15 is 0 Å². The number of likely N-dealkylation sites (tertiary alicyclic amines) is 2. The van der Waals surface area contributed by atoms with Crippen LogP contribution in [0.5, 0.6) is 23.0 Å². The number of carboxylic acid groups (broad SMARTS) is 1. The Hall–Kier alpha value is -8.04. The lowest BCUT2D eigenvalue weighted by Crippen LogP contribution is -2.58. The van der Waals surface area contributed by atoms with Crippen molar-refractivity contribution in [3.63, 3.8) is 0 Å². The van der Waals surface area contributed by atoms with Gasteiger partial charge in [0.1, 0.15) is 11.4 Å². The molecule has 9 N–H and O–H groups in total. The second kappa shape index (κ2) is 29.0. The molecule has 524 valence electrons. The number of aliphatic imine (C=N–C) groups is 1. The summed E-state index contributed by atoms with van der Waals surface area (Å²) in [6.07, 6.45) is -1.68. The van der Waals surface area contributed by atoms with Gasteiger partial charge < -0.3 is 66.0 Å². The van der Waals surface area contributed by atoms with Crippen molar-refractivity contribution >= 4 is 67.6 Å². The molecule has 4 aromatic rings. The largest absolute Gasteiger partial charge is 0.586 e. The van der Waals surface area contributed by atoms with E-state index in [9.17, 15) is 68.6 Å². The fourth-order valence-electron chi connectivity index (χ4n) is 11.6. The topological polar surface area (TPSA) is 361 Å². The highest BCUT2D eigenvalue weighted by molar-refractivity contribution is 7.92. The SMILES string of the molecule is C.CCO.Cc1cc(C(=O)N2CCC(C)(O)CC2)cc(C)c1/C=C/S(=O)(=O)N1CCC(N)(C(N)=O)CC1.Cc1cc(C(=O)N2CCC(C)(O)CC2)cc(C)c1/C=C/S(=O)(=O)N1CCC2(CC1)N=C(c1ccc3c(c1)OC(F)(F)O3)NC2=O.O=C(O)c1ccc2c(c1)OC(F)(F)O2. The third kappa shape index (κ3) is 17.8. The molecule has 0 saturated carbocycles. The van der Waals surface area contributed by atoms with Crippen LogP contribution < -0.4 is 35.7 Å². The van der Waals surface area contributed by atoms with E-state index in [2.05, 4.69) is 29.3 Å². The summed E-state index contributed by atoms with van der Waals surface area (Å²) in [7, 11) is -7.54. The number of carbonyl (C=O) groups excluding carboxylic acids is 4. The number of amidine groups is 1. The number of nitrogens with one attached hydrogen (secondary N) is 1. The number of nitrogens with zero attached hydrogens (tertiary/aromatic N) is 5. The summed E-state index contributed by atoms with van der Waals surface area (Å²) < 4.78 is 124. The molecule has 0 aliphatic carbocycles. The molecule has 0 unspecified atom stereocenters. The molecule has 4 fully saturated rings. The highest BCUT2D eigenvalue weighted by Crippen LogP contribution is 2.43. The standard InChI is InChI=1S/C31H34F2N4O7S.C23H34N4O5S.C8H4F2O4.C2H6O.CH4/c1-19-16-22(27(38)36-11-7-29(3,40)8-12-36)17-20(2)23(19)6-15-45(41,42)37-13-9-30(10-14-37)28(39)34-26(35-30)21-4-5-24-25(18-21)44-31(32,33)43-24;1-16-14-18(20(28)26-9-5-22(3,30)6-10-26)15-17(2)19(16)4-13-33(31,32)27-11-7-23(25,8-12-27)21(24)29;9-8(10)13-5-2-1-4(7(11)12)3-6(5)14-8;1-2-3;/h4-6,15-18,40H,7-14H2,1-3H3,(H,34,35,39);4,13-15,30H,5-12,25H2,1-3H3,(H2,24,29);1-3H,(H,11,12);3H,2H2,1H3;1H4/b15-6+;13-4+;;;. The molecule has 0 atom stereocenters. The molecule has 4 saturated heterocycles. The van der Waals surface area contributed by atoms with Gasteiger partial charge in [0.05, 0.1) is 22.3 Å². The Kier molecular flexibility index (Phi) is 22.7. The fourth-order valence-corrected chi connectivity index (χ4v) is 14.0. The van der Waals surface area contributed by atoms with Crippen molar-refractivity contribution in [2.45, 2.75) is 142 Å². The minimum atomic E-state index is -3.84. The first kappa shape index (κ1) is 75.3. The van der Waals surface area contributed by atoms with Crippen LogP contribution in [-0.4, -0.2) is 185 Å². The van der Waals surface area contributed by atoms with Crippen LogP contribution in [0, 0.1) is 27.7 Å². The summed E-state index contributed by atoms with van der Waals surface area (Å²) in [5.74, 6) is -2.98. The second-order valence-electron chi connectivity index (χ2n) is 24.9. The van der Waals surface area contributed by atoms with E-state index in [1.807, 2.05) is 27.7 Å². The molecule has 96 heavy (non-hydrogen) atoms. The predicted octanol–water partition coefficient (Wildman–Crippen LogP) is 6.53. The molecule has 1 spiro atoms. The lowest BCUT2D eigenvalue weighted by molar-refractivity contribution is -0.287. The number of ether oxygens (including phenoxy) is 4. The van der Waals surface area contributed by atoms with Crippen molar-refractivity contribution in [3.8, 4) is 23.0 Å². The summed E-state index contributed by atoms with van der Waals surface area (Å²) in [6, 6.07) is 14.4. The smallest absolute Gasteiger partial charge is 0.478 e. The van der Waals surface area contributed by atoms with Gasteiger partial charge in [-0.25, -0.2) is 21.6 Å². The number of fused-ring (bicyclic) bond motifs is 2. The summed E-state index contributed by atoms with van der Waals surface area (Å²) >= 11 is 0. The molecule has 4 amide bonds. The number of hydrogen-bond acceptors (Lipinski definition) is 18. The summed E-state index contributed by atoms with van der Waals surface area (Å²) in [4.78, 5) is 69.0. The average Bonchev–Trinajstić information content (AvgIpc) is 1.57. The van der Waals surface area contributed by atoms with Crippen LogP contribution in [0.15, 0.2) is 76.5 Å². The number of aryl methyl sites for hydroxylation is 4. The number of sulfonamides is 2. The van der Waals surface area contributed by atoms with Crippen LogP contribution in [0.3, 0.4) is 0 Å². The minimum absolute atomic E-state index is 0. The van der Waals surface area contributed by atoms with Gasteiger partial charge in [-0.15, -0.1) is 17.6 Å². The molecule has 31 heteroatoms. The van der Waals surface area contributed by atoms with Gasteiger partial charge in [0.2, 0.25) is 26.0 Å². The van der Waals surface area contributed by atoms with Crippen LogP contribution in [0.4, 0.5) is 17.6 Å². The molecule has 7 heterocycles. The van der Waals surface area contributed by atoms with Crippen molar-refractivity contribution in [2.24, 2.45) is 16.5 Å². The van der Waals surface area contributed by atoms with Gasteiger partial charge in [0, 0.05) is 86.5 Å². The number of carbonyl (C=O) groups is 5. The Balaban J connectivity index is 0.000000222. The third-order valence-electron chi connectivity index (χ3n) is 17.4. The fraction of sp³-hybridized carbons (Fsp3) is 0.477. The molecule has 0 radical (unpaired) electrons. The van der Waals surface area contributed by atoms with E-state index in [-0.39, 0.29) is 118 Å². The molecular formula is C65H82F4N8O17S2. The van der Waals surface area contributed by atoms with Gasteiger partial charge in [-0.1, -0.05) is 7.43 Å². The number of rotatable bonds is 11. The number of nitrogens with two attached hydrogens (primary N) is 2. The second-order valence-corrected chi connectivity index (χ2v) is 28.5. The molecule has 0 aromatic heterocycles. The Morgan fingerprint density at radius 3 is 1.34 bits per heavy atom. The zero-order valence-electron chi connectivity index (χ0n) is 53.4. The van der Waals surface area contributed by atoms with Gasteiger partial charge in [-0.05, 0) is 206 Å². The maximum atomic E-state index is 13.4. The number of aromatic carboxylic acids is 1. The number of halogens is 4. The summed E-state index contributed by atoms with van der Waals surface area (Å²) in [5, 5.41) is 41.4. The van der Waals surface area contributed by atoms with Crippen LogP contribution >= 0.6 is 0 Å². The first-order valence-electron chi connectivity index (χ1n) is 30.5. The summed E-state index contributed by atoms with van der Waals surface area (Å²) in [6.45, 7) is 15.1. The van der Waals surface area contributed by atoms with Crippen molar-refractivity contribution in [3.05, 3.63) is 127 Å². The molecule has 11 rings (SSSR count). The molecule has 0 bridgehead atoms. The van der Waals surface area contributed by atoms with E-state index in [1.54, 1.807) is 60.9 Å². The normalized spacial score (nSPS) is 20.3. The van der Waals surface area contributed by atoms with Crippen molar-refractivity contribution in [2.75, 3.05) is 59.0 Å². The predicted molar refractivity (Wildman–Crippen MR) is 346 cm³/mol. The minimum Gasteiger partial charge on any atom is -0.478 e. The van der Waals surface area contributed by atoms with E-state index in [1.165, 1.54) is 32.9 Å². The van der Waals surface area contributed by atoms with Gasteiger partial charge in [0.25, 0.3) is 17.7 Å². The zero-order valence-corrected chi connectivity index (χ0v) is 55.1. The zero-order chi connectivity index (χ0) is 70.0. The number of alkyl halides is 4. The number of benzene rings is 4. The van der Waals surface area contributed by atoms with Crippen LogP contribution in [0.2, 0.25) is 0 Å². The average molecular weight is 1390 g/mol. The van der Waals surface area contributed by atoms with Crippen molar-refractivity contribution < 1.29 is 97.7 Å². The Labute approximate surface area is 554 Å². The lowest BCUT2D eigenvalue weighted by atomic mass is 9.89. The highest BCUT2D eigenvalue weighted by atomic mass is 32.2. The van der Waals surface area contributed by atoms with Crippen LogP contribution in [-0.2, 0) is 29.6 Å². The maximum absolute atomic E-state index is 13.4. The number of carboxylic acids is 1. The van der Waals surface area contributed by atoms with Crippen LogP contribution in [0.1, 0.15) is 150 Å². The number of aliphatic hydroxyl groups is 3. The van der Waals surface area contributed by atoms with E-state index in [4.69, 9.17) is 21.7 Å². The molecule has 7 aliphatic heterocycles. The van der Waals surface area contributed by atoms with E-state index in [0.29, 0.717) is 74.1 Å². The monoisotopic (exact) mass is 1390 g/mol. The number of hydrogen-bond donors (Lipinski definition) is 7. The van der Waals surface area contributed by atoms with Gasteiger partial charge >= 0.3 is 18.6 Å². The van der Waals surface area contributed by atoms with E-state index < -0.39 is 66.8 Å². The highest BCUT2D eigenvalue weighted by Gasteiger charge is 2.49. The van der Waals surface area contributed by atoms with Crippen LogP contribution in [0.25, 0.3) is 12.2 Å². The molecule has 7 aliphatic rings. The maximum Gasteiger partial charge on any atom is 0.586 e. The van der Waals surface area contributed by atoms with Gasteiger partial charge in [-0.2, -0.15) is 8.61 Å². The number of primary amides is 1. The van der Waals surface area contributed by atoms with Gasteiger partial charge in [-0.3, -0.25) is 24.2 Å².